The summed E-state index contributed by atoms with van der Waals surface area (Å²) in [5, 5.41) is 11.2. The fraction of sp³-hybridized carbons (Fsp3) is 0.250. The van der Waals surface area contributed by atoms with E-state index in [1.165, 1.54) is 0 Å². The van der Waals surface area contributed by atoms with Crippen LogP contribution >= 0.6 is 11.6 Å². The first kappa shape index (κ1) is 13.9. The first-order valence-corrected chi connectivity index (χ1v) is 6.49. The quantitative estimate of drug-likeness (QED) is 0.916. The van der Waals surface area contributed by atoms with Gasteiger partial charge in [-0.1, -0.05) is 29.8 Å². The molecule has 0 aliphatic heterocycles. The summed E-state index contributed by atoms with van der Waals surface area (Å²) < 4.78 is 5.11. The number of rotatable bonds is 3. The maximum atomic E-state index is 10.5. The Balaban J connectivity index is 2.37. The minimum Gasteiger partial charge on any atom is -0.497 e. The van der Waals surface area contributed by atoms with Crippen molar-refractivity contribution in [3.8, 4) is 5.75 Å². The van der Waals surface area contributed by atoms with Gasteiger partial charge in [-0.25, -0.2) is 0 Å². The van der Waals surface area contributed by atoms with Gasteiger partial charge in [-0.05, 0) is 54.3 Å². The van der Waals surface area contributed by atoms with Gasteiger partial charge in [0.25, 0.3) is 0 Å². The highest BCUT2D eigenvalue weighted by atomic mass is 35.5. The molecular formula is C16H17ClO2. The monoisotopic (exact) mass is 276 g/mol. The minimum atomic E-state index is -0.651. The molecule has 0 amide bonds. The number of aryl methyl sites for hydroxylation is 2. The Kier molecular flexibility index (Phi) is 4.13. The second kappa shape index (κ2) is 5.64. The molecule has 0 saturated carbocycles. The van der Waals surface area contributed by atoms with E-state index in [4.69, 9.17) is 16.3 Å². The van der Waals surface area contributed by atoms with E-state index in [2.05, 4.69) is 0 Å². The standard InChI is InChI=1S/C16H17ClO2/c1-10-9-15(17)11(2)8-14(10)16(18)12-4-6-13(19-3)7-5-12/h4-9,16,18H,1-3H3. The van der Waals surface area contributed by atoms with E-state index in [1.807, 2.05) is 50.2 Å². The number of hydrogen-bond acceptors (Lipinski definition) is 2. The maximum absolute atomic E-state index is 10.5. The van der Waals surface area contributed by atoms with E-state index < -0.39 is 6.10 Å². The summed E-state index contributed by atoms with van der Waals surface area (Å²) in [6, 6.07) is 11.2. The van der Waals surface area contributed by atoms with Crippen molar-refractivity contribution < 1.29 is 9.84 Å². The molecule has 0 aliphatic carbocycles. The van der Waals surface area contributed by atoms with Gasteiger partial charge in [0.1, 0.15) is 11.9 Å². The second-order valence-corrected chi connectivity index (χ2v) is 5.04. The number of halogens is 1. The first-order chi connectivity index (χ1) is 9.02. The third kappa shape index (κ3) is 2.91. The third-order valence-electron chi connectivity index (χ3n) is 3.27. The van der Waals surface area contributed by atoms with Gasteiger partial charge < -0.3 is 9.84 Å². The van der Waals surface area contributed by atoms with Crippen LogP contribution in [0.25, 0.3) is 0 Å². The van der Waals surface area contributed by atoms with E-state index in [0.717, 1.165) is 33.0 Å². The molecular weight excluding hydrogens is 260 g/mol. The molecule has 2 aromatic carbocycles. The van der Waals surface area contributed by atoms with E-state index in [1.54, 1.807) is 7.11 Å². The number of aliphatic hydroxyl groups excluding tert-OH is 1. The van der Waals surface area contributed by atoms with Crippen molar-refractivity contribution in [1.29, 1.82) is 0 Å². The van der Waals surface area contributed by atoms with Crippen molar-refractivity contribution in [2.75, 3.05) is 7.11 Å². The van der Waals surface area contributed by atoms with Crippen LogP contribution in [0.1, 0.15) is 28.4 Å². The molecule has 1 unspecified atom stereocenters. The number of aliphatic hydroxyl groups is 1. The smallest absolute Gasteiger partial charge is 0.118 e. The SMILES string of the molecule is COc1ccc(C(O)c2cc(C)c(Cl)cc2C)cc1. The molecule has 1 N–H and O–H groups in total. The van der Waals surface area contributed by atoms with Crippen LogP contribution in [0.15, 0.2) is 36.4 Å². The lowest BCUT2D eigenvalue weighted by Crippen LogP contribution is -2.03. The summed E-state index contributed by atoms with van der Waals surface area (Å²) in [7, 11) is 1.62. The van der Waals surface area contributed by atoms with Crippen molar-refractivity contribution >= 4 is 11.6 Å². The summed E-state index contributed by atoms with van der Waals surface area (Å²) in [6.07, 6.45) is -0.651. The van der Waals surface area contributed by atoms with Crippen LogP contribution in [0, 0.1) is 13.8 Å². The topological polar surface area (TPSA) is 29.5 Å². The summed E-state index contributed by atoms with van der Waals surface area (Å²) in [5.41, 5.74) is 3.67. The molecule has 0 bridgehead atoms. The lowest BCUT2D eigenvalue weighted by atomic mass is 9.96. The Labute approximate surface area is 118 Å². The van der Waals surface area contributed by atoms with Gasteiger partial charge in [0.2, 0.25) is 0 Å². The molecule has 0 aliphatic rings. The predicted molar refractivity (Wildman–Crippen MR) is 78.0 cm³/mol. The van der Waals surface area contributed by atoms with Gasteiger partial charge in [-0.2, -0.15) is 0 Å². The zero-order chi connectivity index (χ0) is 14.0. The van der Waals surface area contributed by atoms with E-state index in [0.29, 0.717) is 0 Å². The molecule has 0 aromatic heterocycles. The van der Waals surface area contributed by atoms with Gasteiger partial charge in [0.05, 0.1) is 7.11 Å². The Morgan fingerprint density at radius 2 is 1.68 bits per heavy atom. The predicted octanol–water partition coefficient (Wildman–Crippen LogP) is 4.05. The largest absolute Gasteiger partial charge is 0.497 e. The Bertz CT molecular complexity index is 576. The molecule has 0 saturated heterocycles. The van der Waals surface area contributed by atoms with E-state index in [-0.39, 0.29) is 0 Å². The van der Waals surface area contributed by atoms with Crippen LogP contribution in [-0.4, -0.2) is 12.2 Å². The van der Waals surface area contributed by atoms with Gasteiger partial charge in [-0.15, -0.1) is 0 Å². The molecule has 0 fully saturated rings. The van der Waals surface area contributed by atoms with Gasteiger partial charge in [0.15, 0.2) is 0 Å². The van der Waals surface area contributed by atoms with Crippen molar-refractivity contribution in [2.24, 2.45) is 0 Å². The fourth-order valence-electron chi connectivity index (χ4n) is 2.06. The van der Waals surface area contributed by atoms with Crippen molar-refractivity contribution in [3.05, 3.63) is 63.7 Å². The number of benzene rings is 2. The molecule has 0 radical (unpaired) electrons. The Hall–Kier alpha value is -1.51. The van der Waals surface area contributed by atoms with Crippen molar-refractivity contribution in [2.45, 2.75) is 20.0 Å². The highest BCUT2D eigenvalue weighted by molar-refractivity contribution is 6.31. The summed E-state index contributed by atoms with van der Waals surface area (Å²) >= 11 is 6.08. The molecule has 100 valence electrons. The molecule has 1 atom stereocenters. The molecule has 3 heteroatoms. The van der Waals surface area contributed by atoms with Gasteiger partial charge in [-0.3, -0.25) is 0 Å². The zero-order valence-corrected chi connectivity index (χ0v) is 12.0. The third-order valence-corrected chi connectivity index (χ3v) is 3.68. The van der Waals surface area contributed by atoms with E-state index >= 15 is 0 Å². The zero-order valence-electron chi connectivity index (χ0n) is 11.3. The van der Waals surface area contributed by atoms with Crippen molar-refractivity contribution in [1.82, 2.24) is 0 Å². The summed E-state index contributed by atoms with van der Waals surface area (Å²) in [4.78, 5) is 0. The van der Waals surface area contributed by atoms with Gasteiger partial charge in [0, 0.05) is 5.02 Å². The number of methoxy groups -OCH3 is 1. The Morgan fingerprint density at radius 1 is 1.05 bits per heavy atom. The molecule has 2 nitrogen and oxygen atoms in total. The fourth-order valence-corrected chi connectivity index (χ4v) is 2.28. The summed E-state index contributed by atoms with van der Waals surface area (Å²) in [6.45, 7) is 3.89. The number of hydrogen-bond donors (Lipinski definition) is 1. The first-order valence-electron chi connectivity index (χ1n) is 6.11. The summed E-state index contributed by atoms with van der Waals surface area (Å²) in [5.74, 6) is 0.778. The Morgan fingerprint density at radius 3 is 2.26 bits per heavy atom. The molecule has 0 spiro atoms. The van der Waals surface area contributed by atoms with E-state index in [9.17, 15) is 5.11 Å². The molecule has 19 heavy (non-hydrogen) atoms. The maximum Gasteiger partial charge on any atom is 0.118 e. The lowest BCUT2D eigenvalue weighted by molar-refractivity contribution is 0.219. The van der Waals surface area contributed by atoms with Crippen LogP contribution < -0.4 is 4.74 Å². The molecule has 2 aromatic rings. The lowest BCUT2D eigenvalue weighted by Gasteiger charge is -2.16. The normalized spacial score (nSPS) is 12.3. The molecule has 0 heterocycles. The second-order valence-electron chi connectivity index (χ2n) is 4.63. The van der Waals surface area contributed by atoms with Crippen LogP contribution in [-0.2, 0) is 0 Å². The number of ether oxygens (including phenoxy) is 1. The average Bonchev–Trinajstić information content (AvgIpc) is 2.42. The van der Waals surface area contributed by atoms with Crippen LogP contribution in [0.3, 0.4) is 0 Å². The highest BCUT2D eigenvalue weighted by Gasteiger charge is 2.14. The van der Waals surface area contributed by atoms with Crippen LogP contribution in [0.2, 0.25) is 5.02 Å². The van der Waals surface area contributed by atoms with Gasteiger partial charge >= 0.3 is 0 Å². The van der Waals surface area contributed by atoms with Crippen molar-refractivity contribution in [3.63, 3.8) is 0 Å². The highest BCUT2D eigenvalue weighted by Crippen LogP contribution is 2.29. The minimum absolute atomic E-state index is 0.651. The van der Waals surface area contributed by atoms with Crippen LogP contribution in [0.4, 0.5) is 0 Å². The van der Waals surface area contributed by atoms with Crippen LogP contribution in [0.5, 0.6) is 5.75 Å². The average molecular weight is 277 g/mol. The molecule has 2 rings (SSSR count).